The maximum atomic E-state index is 13.1. The lowest BCUT2D eigenvalue weighted by atomic mass is 9.97. The van der Waals surface area contributed by atoms with E-state index in [0.717, 1.165) is 39.3 Å². The van der Waals surface area contributed by atoms with Gasteiger partial charge in [0.2, 0.25) is 0 Å². The van der Waals surface area contributed by atoms with Gasteiger partial charge in [0.15, 0.2) is 4.96 Å². The van der Waals surface area contributed by atoms with Crippen molar-refractivity contribution in [3.8, 4) is 11.3 Å². The molecule has 0 aliphatic carbocycles. The largest absolute Gasteiger partial charge is 0.466 e. The first kappa shape index (κ1) is 20.7. The Bertz CT molecular complexity index is 1310. The lowest BCUT2D eigenvalue weighted by molar-refractivity contribution is -0.149. The van der Waals surface area contributed by atoms with Crippen LogP contribution >= 0.6 is 11.3 Å². The van der Waals surface area contributed by atoms with Crippen LogP contribution in [0.2, 0.25) is 0 Å². The van der Waals surface area contributed by atoms with E-state index in [4.69, 9.17) is 9.72 Å². The highest BCUT2D eigenvalue weighted by Crippen LogP contribution is 2.31. The van der Waals surface area contributed by atoms with Crippen LogP contribution in [0.3, 0.4) is 0 Å². The van der Waals surface area contributed by atoms with Crippen molar-refractivity contribution in [2.24, 2.45) is 5.92 Å². The summed E-state index contributed by atoms with van der Waals surface area (Å²) in [5.41, 5.74) is 4.93. The molecular formula is C25H25N3O3S. The molecule has 0 spiro atoms. The summed E-state index contributed by atoms with van der Waals surface area (Å²) in [4.78, 5) is 32.7. The Morgan fingerprint density at radius 1 is 1.19 bits per heavy atom. The van der Waals surface area contributed by atoms with E-state index >= 15 is 0 Å². The average molecular weight is 448 g/mol. The number of imidazole rings is 1. The van der Waals surface area contributed by atoms with Crippen LogP contribution in [0.25, 0.3) is 26.4 Å². The minimum absolute atomic E-state index is 0.0349. The van der Waals surface area contributed by atoms with Gasteiger partial charge in [0, 0.05) is 30.4 Å². The monoisotopic (exact) mass is 447 g/mol. The summed E-state index contributed by atoms with van der Waals surface area (Å²) in [6.45, 7) is 5.33. The second kappa shape index (κ2) is 8.39. The van der Waals surface area contributed by atoms with Gasteiger partial charge in [-0.05, 0) is 44.9 Å². The molecule has 0 saturated carbocycles. The fraction of sp³-hybridized carbons (Fsp3) is 0.320. The maximum absolute atomic E-state index is 13.1. The van der Waals surface area contributed by atoms with E-state index in [1.54, 1.807) is 23.2 Å². The van der Waals surface area contributed by atoms with Crippen molar-refractivity contribution in [1.82, 2.24) is 14.3 Å². The van der Waals surface area contributed by atoms with Crippen molar-refractivity contribution >= 4 is 38.4 Å². The van der Waals surface area contributed by atoms with E-state index in [1.165, 1.54) is 5.56 Å². The molecule has 5 rings (SSSR count). The molecule has 0 N–H and O–H groups in total. The standard InChI is InChI=1S/C25H25N3O3S/c1-3-31-24(30)19-5-4-12-27(14-19)23(29)18-10-11-21-22(13-18)32-25-26-20(15-28(21)25)17-8-6-16(2)7-9-17/h6-11,13,15,19H,3-5,12,14H2,1-2H3. The molecule has 4 aromatic rings. The fourth-order valence-electron chi connectivity index (χ4n) is 4.29. The fourth-order valence-corrected chi connectivity index (χ4v) is 5.34. The van der Waals surface area contributed by atoms with Crippen LogP contribution in [0.15, 0.2) is 48.7 Å². The van der Waals surface area contributed by atoms with Gasteiger partial charge in [-0.1, -0.05) is 41.2 Å². The molecule has 1 aliphatic rings. The number of likely N-dealkylation sites (tertiary alicyclic amines) is 1. The summed E-state index contributed by atoms with van der Waals surface area (Å²) in [5, 5.41) is 0. The van der Waals surface area contributed by atoms with Crippen LogP contribution in [-0.2, 0) is 9.53 Å². The van der Waals surface area contributed by atoms with Crippen molar-refractivity contribution in [2.75, 3.05) is 19.7 Å². The van der Waals surface area contributed by atoms with Crippen molar-refractivity contribution in [3.63, 3.8) is 0 Å². The predicted molar refractivity (Wildman–Crippen MR) is 126 cm³/mol. The SMILES string of the molecule is CCOC(=O)C1CCCN(C(=O)c2ccc3c(c2)sc2nc(-c4ccc(C)cc4)cn23)C1. The van der Waals surface area contributed by atoms with Gasteiger partial charge in [-0.25, -0.2) is 4.98 Å². The van der Waals surface area contributed by atoms with Crippen LogP contribution in [0.5, 0.6) is 0 Å². The number of aryl methyl sites for hydroxylation is 1. The summed E-state index contributed by atoms with van der Waals surface area (Å²) in [6, 6.07) is 14.1. The third kappa shape index (κ3) is 3.77. The first-order valence-electron chi connectivity index (χ1n) is 11.0. The molecule has 164 valence electrons. The number of benzene rings is 2. The molecule has 2 aromatic carbocycles. The van der Waals surface area contributed by atoms with E-state index in [0.29, 0.717) is 25.3 Å². The molecule has 1 aliphatic heterocycles. The quantitative estimate of drug-likeness (QED) is 0.416. The van der Waals surface area contributed by atoms with Gasteiger partial charge in [0.25, 0.3) is 5.91 Å². The number of ether oxygens (including phenoxy) is 1. The summed E-state index contributed by atoms with van der Waals surface area (Å²) in [6.07, 6.45) is 3.63. The highest BCUT2D eigenvalue weighted by atomic mass is 32.1. The zero-order valence-corrected chi connectivity index (χ0v) is 19.0. The Balaban J connectivity index is 1.40. The molecule has 1 amide bonds. The molecule has 7 heteroatoms. The number of nitrogens with zero attached hydrogens (tertiary/aromatic N) is 3. The highest BCUT2D eigenvalue weighted by Gasteiger charge is 2.30. The Labute approximate surface area is 190 Å². The Kier molecular flexibility index (Phi) is 5.43. The predicted octanol–water partition coefficient (Wildman–Crippen LogP) is 4.94. The van der Waals surface area contributed by atoms with Gasteiger partial charge < -0.3 is 9.64 Å². The molecule has 1 atom stereocenters. The molecule has 2 aromatic heterocycles. The van der Waals surface area contributed by atoms with E-state index in [2.05, 4.69) is 41.8 Å². The number of rotatable bonds is 4. The number of hydrogen-bond acceptors (Lipinski definition) is 5. The van der Waals surface area contributed by atoms with Gasteiger partial charge >= 0.3 is 5.97 Å². The first-order chi connectivity index (χ1) is 15.5. The average Bonchev–Trinajstić information content (AvgIpc) is 3.37. The maximum Gasteiger partial charge on any atom is 0.310 e. The zero-order chi connectivity index (χ0) is 22.2. The van der Waals surface area contributed by atoms with Crippen molar-refractivity contribution < 1.29 is 14.3 Å². The normalized spacial score (nSPS) is 16.6. The van der Waals surface area contributed by atoms with Crippen molar-refractivity contribution in [2.45, 2.75) is 26.7 Å². The lowest BCUT2D eigenvalue weighted by Gasteiger charge is -2.31. The van der Waals surface area contributed by atoms with Crippen molar-refractivity contribution in [1.29, 1.82) is 0 Å². The van der Waals surface area contributed by atoms with Gasteiger partial charge in [0.05, 0.1) is 28.4 Å². The zero-order valence-electron chi connectivity index (χ0n) is 18.2. The molecule has 0 bridgehead atoms. The number of piperidine rings is 1. The summed E-state index contributed by atoms with van der Waals surface area (Å²) < 4.78 is 8.27. The summed E-state index contributed by atoms with van der Waals surface area (Å²) in [5.74, 6) is -0.474. The molecule has 1 fully saturated rings. The smallest absolute Gasteiger partial charge is 0.310 e. The van der Waals surface area contributed by atoms with Crippen LogP contribution in [-0.4, -0.2) is 45.9 Å². The van der Waals surface area contributed by atoms with Gasteiger partial charge in [0.1, 0.15) is 0 Å². The number of carbonyl (C=O) groups is 2. The molecule has 0 radical (unpaired) electrons. The lowest BCUT2D eigenvalue weighted by Crippen LogP contribution is -2.42. The Morgan fingerprint density at radius 3 is 2.78 bits per heavy atom. The number of amides is 1. The van der Waals surface area contributed by atoms with E-state index in [1.807, 2.05) is 18.2 Å². The number of thiazole rings is 1. The number of carbonyl (C=O) groups excluding carboxylic acids is 2. The number of fused-ring (bicyclic) bond motifs is 3. The summed E-state index contributed by atoms with van der Waals surface area (Å²) >= 11 is 1.58. The van der Waals surface area contributed by atoms with Gasteiger partial charge in [-0.2, -0.15) is 0 Å². The number of esters is 1. The molecule has 1 saturated heterocycles. The molecular weight excluding hydrogens is 422 g/mol. The Morgan fingerprint density at radius 2 is 2.00 bits per heavy atom. The topological polar surface area (TPSA) is 63.9 Å². The Hall–Kier alpha value is -3.19. The van der Waals surface area contributed by atoms with Crippen LogP contribution < -0.4 is 0 Å². The third-order valence-electron chi connectivity index (χ3n) is 6.02. The van der Waals surface area contributed by atoms with Crippen LogP contribution in [0.4, 0.5) is 0 Å². The highest BCUT2D eigenvalue weighted by molar-refractivity contribution is 7.23. The first-order valence-corrected chi connectivity index (χ1v) is 11.8. The molecule has 3 heterocycles. The van der Waals surface area contributed by atoms with Crippen molar-refractivity contribution in [3.05, 3.63) is 59.8 Å². The number of hydrogen-bond donors (Lipinski definition) is 0. The molecule has 1 unspecified atom stereocenters. The van der Waals surface area contributed by atoms with E-state index in [-0.39, 0.29) is 17.8 Å². The van der Waals surface area contributed by atoms with Crippen LogP contribution in [0.1, 0.15) is 35.7 Å². The van der Waals surface area contributed by atoms with Gasteiger partial charge in [-0.15, -0.1) is 0 Å². The minimum atomic E-state index is -0.235. The molecule has 32 heavy (non-hydrogen) atoms. The van der Waals surface area contributed by atoms with E-state index < -0.39 is 0 Å². The van der Waals surface area contributed by atoms with Gasteiger partial charge in [-0.3, -0.25) is 14.0 Å². The van der Waals surface area contributed by atoms with E-state index in [9.17, 15) is 9.59 Å². The summed E-state index contributed by atoms with van der Waals surface area (Å²) in [7, 11) is 0. The van der Waals surface area contributed by atoms with Crippen LogP contribution in [0, 0.1) is 12.8 Å². The second-order valence-electron chi connectivity index (χ2n) is 8.27. The number of aromatic nitrogens is 2. The molecule has 6 nitrogen and oxygen atoms in total. The third-order valence-corrected chi connectivity index (χ3v) is 7.03. The second-order valence-corrected chi connectivity index (χ2v) is 9.28. The minimum Gasteiger partial charge on any atom is -0.466 e.